The fourth-order valence-corrected chi connectivity index (χ4v) is 2.39. The van der Waals surface area contributed by atoms with E-state index in [2.05, 4.69) is 0 Å². The quantitative estimate of drug-likeness (QED) is 0.870. The summed E-state index contributed by atoms with van der Waals surface area (Å²) < 4.78 is 10.3. The van der Waals surface area contributed by atoms with E-state index in [1.165, 1.54) is 0 Å². The van der Waals surface area contributed by atoms with Crippen LogP contribution in [0.2, 0.25) is 0 Å². The molecule has 0 bridgehead atoms. The van der Waals surface area contributed by atoms with Crippen LogP contribution in [-0.4, -0.2) is 41.3 Å². The number of carbonyl (C=O) groups excluding carboxylic acids is 1. The molecule has 114 valence electrons. The molecule has 1 aliphatic rings. The second-order valence-corrected chi connectivity index (χ2v) is 5.38. The topological polar surface area (TPSA) is 76.1 Å². The minimum atomic E-state index is -0.878. The smallest absolute Gasteiger partial charge is 0.410 e. The summed E-state index contributed by atoms with van der Waals surface area (Å²) in [6.07, 6.45) is -0.0505. The Balaban J connectivity index is 2.14. The maximum Gasteiger partial charge on any atom is 0.410 e. The number of aliphatic carboxylic acids is 1. The number of benzene rings is 1. The predicted molar refractivity (Wildman–Crippen MR) is 75.2 cm³/mol. The molecule has 1 aromatic carbocycles. The number of cyclic esters (lactones) is 1. The second-order valence-electron chi connectivity index (χ2n) is 5.38. The zero-order valence-corrected chi connectivity index (χ0v) is 12.2. The molecule has 0 spiro atoms. The predicted octanol–water partition coefficient (Wildman–Crippen LogP) is 2.27. The van der Waals surface area contributed by atoms with Crippen molar-refractivity contribution < 1.29 is 24.2 Å². The van der Waals surface area contributed by atoms with Crippen LogP contribution in [0.5, 0.6) is 5.75 Å². The van der Waals surface area contributed by atoms with E-state index in [1.807, 2.05) is 31.2 Å². The van der Waals surface area contributed by atoms with Gasteiger partial charge in [-0.15, -0.1) is 0 Å². The molecule has 1 fully saturated rings. The van der Waals surface area contributed by atoms with Crippen LogP contribution in [0.15, 0.2) is 24.3 Å². The number of carbonyl (C=O) groups is 2. The monoisotopic (exact) mass is 293 g/mol. The van der Waals surface area contributed by atoms with E-state index in [1.54, 1.807) is 12.0 Å². The Kier molecular flexibility index (Phi) is 4.35. The molecule has 1 aliphatic heterocycles. The van der Waals surface area contributed by atoms with Gasteiger partial charge < -0.3 is 14.6 Å². The van der Waals surface area contributed by atoms with Crippen LogP contribution < -0.4 is 4.74 Å². The summed E-state index contributed by atoms with van der Waals surface area (Å²) in [5, 5.41) is 8.84. The van der Waals surface area contributed by atoms with E-state index >= 15 is 0 Å². The maximum absolute atomic E-state index is 11.9. The van der Waals surface area contributed by atoms with Gasteiger partial charge in [0, 0.05) is 13.0 Å². The van der Waals surface area contributed by atoms with Crippen LogP contribution in [-0.2, 0) is 16.1 Å². The lowest BCUT2D eigenvalue weighted by atomic mass is 9.95. The second kappa shape index (κ2) is 6.03. The molecule has 2 rings (SSSR count). The minimum Gasteiger partial charge on any atom is -0.497 e. The van der Waals surface area contributed by atoms with Gasteiger partial charge in [0.05, 0.1) is 12.6 Å². The average Bonchev–Trinajstić information content (AvgIpc) is 2.74. The molecule has 1 atom stereocenters. The third-order valence-electron chi connectivity index (χ3n) is 3.73. The van der Waals surface area contributed by atoms with Gasteiger partial charge in [-0.1, -0.05) is 12.1 Å². The average molecular weight is 293 g/mol. The fourth-order valence-electron chi connectivity index (χ4n) is 2.39. The van der Waals surface area contributed by atoms with E-state index in [9.17, 15) is 9.59 Å². The lowest BCUT2D eigenvalue weighted by molar-refractivity contribution is -0.137. The van der Waals surface area contributed by atoms with Gasteiger partial charge in [-0.05, 0) is 31.0 Å². The summed E-state index contributed by atoms with van der Waals surface area (Å²) in [6, 6.07) is 7.43. The Bertz CT molecular complexity index is 545. The molecule has 0 aliphatic carbocycles. The molecule has 21 heavy (non-hydrogen) atoms. The highest BCUT2D eigenvalue weighted by Gasteiger charge is 2.43. The van der Waals surface area contributed by atoms with Crippen LogP contribution in [0.25, 0.3) is 0 Å². The summed E-state index contributed by atoms with van der Waals surface area (Å²) >= 11 is 0. The molecule has 1 amide bonds. The summed E-state index contributed by atoms with van der Waals surface area (Å²) in [7, 11) is 1.58. The lowest BCUT2D eigenvalue weighted by Gasteiger charge is -2.31. The number of carboxylic acids is 1. The number of hydrogen-bond donors (Lipinski definition) is 1. The zero-order chi connectivity index (χ0) is 15.5. The van der Waals surface area contributed by atoms with E-state index in [0.717, 1.165) is 5.56 Å². The highest BCUT2D eigenvalue weighted by molar-refractivity contribution is 5.72. The molecular formula is C15H19NO5. The van der Waals surface area contributed by atoms with Crippen molar-refractivity contribution in [3.63, 3.8) is 0 Å². The molecule has 0 radical (unpaired) electrons. The van der Waals surface area contributed by atoms with Crippen molar-refractivity contribution in [2.75, 3.05) is 13.7 Å². The van der Waals surface area contributed by atoms with Crippen molar-refractivity contribution in [2.24, 2.45) is 0 Å². The van der Waals surface area contributed by atoms with Gasteiger partial charge in [0.2, 0.25) is 0 Å². The molecule has 0 aromatic heterocycles. The van der Waals surface area contributed by atoms with Crippen LogP contribution >= 0.6 is 0 Å². The largest absolute Gasteiger partial charge is 0.497 e. The minimum absolute atomic E-state index is 0.00174. The Morgan fingerprint density at radius 2 is 2.29 bits per heavy atom. The molecule has 1 heterocycles. The van der Waals surface area contributed by atoms with E-state index in [-0.39, 0.29) is 13.0 Å². The zero-order valence-electron chi connectivity index (χ0n) is 12.2. The van der Waals surface area contributed by atoms with E-state index < -0.39 is 17.6 Å². The summed E-state index contributed by atoms with van der Waals surface area (Å²) in [6.45, 7) is 2.43. The van der Waals surface area contributed by atoms with E-state index in [0.29, 0.717) is 18.7 Å². The molecule has 0 saturated carbocycles. The van der Waals surface area contributed by atoms with Crippen molar-refractivity contribution in [1.82, 2.24) is 4.90 Å². The first-order valence-electron chi connectivity index (χ1n) is 6.74. The van der Waals surface area contributed by atoms with Crippen molar-refractivity contribution in [3.05, 3.63) is 29.8 Å². The summed E-state index contributed by atoms with van der Waals surface area (Å²) in [5.74, 6) is -0.163. The van der Waals surface area contributed by atoms with Gasteiger partial charge in [0.25, 0.3) is 0 Å². The van der Waals surface area contributed by atoms with Crippen LogP contribution in [0.4, 0.5) is 4.79 Å². The SMILES string of the molecule is COc1cccc(CN2C(=O)OCC2(C)CCC(=O)O)c1. The Morgan fingerprint density at radius 1 is 1.52 bits per heavy atom. The van der Waals surface area contributed by atoms with Gasteiger partial charge in [-0.2, -0.15) is 0 Å². The number of ether oxygens (including phenoxy) is 2. The maximum atomic E-state index is 11.9. The first-order valence-corrected chi connectivity index (χ1v) is 6.74. The van der Waals surface area contributed by atoms with Crippen molar-refractivity contribution in [3.8, 4) is 5.75 Å². The van der Waals surface area contributed by atoms with Crippen molar-refractivity contribution in [2.45, 2.75) is 31.8 Å². The van der Waals surface area contributed by atoms with Crippen LogP contribution in [0, 0.1) is 0 Å². The molecule has 6 nitrogen and oxygen atoms in total. The van der Waals surface area contributed by atoms with Crippen molar-refractivity contribution in [1.29, 1.82) is 0 Å². The van der Waals surface area contributed by atoms with Gasteiger partial charge >= 0.3 is 12.1 Å². The molecular weight excluding hydrogens is 274 g/mol. The Morgan fingerprint density at radius 3 is 2.95 bits per heavy atom. The first-order chi connectivity index (χ1) is 9.94. The molecule has 1 unspecified atom stereocenters. The third-order valence-corrected chi connectivity index (χ3v) is 3.73. The fraction of sp³-hybridized carbons (Fsp3) is 0.467. The highest BCUT2D eigenvalue weighted by Crippen LogP contribution is 2.31. The van der Waals surface area contributed by atoms with Crippen LogP contribution in [0.3, 0.4) is 0 Å². The normalized spacial score (nSPS) is 21.2. The Labute approximate surface area is 123 Å². The van der Waals surface area contributed by atoms with Crippen LogP contribution in [0.1, 0.15) is 25.3 Å². The third kappa shape index (κ3) is 3.45. The number of nitrogens with zero attached hydrogens (tertiary/aromatic N) is 1. The molecule has 1 N–H and O–H groups in total. The number of methoxy groups -OCH3 is 1. The number of amides is 1. The van der Waals surface area contributed by atoms with E-state index in [4.69, 9.17) is 14.6 Å². The lowest BCUT2D eigenvalue weighted by Crippen LogP contribution is -2.44. The van der Waals surface area contributed by atoms with Gasteiger partial charge in [0.15, 0.2) is 0 Å². The highest BCUT2D eigenvalue weighted by atomic mass is 16.6. The summed E-state index contributed by atoms with van der Waals surface area (Å²) in [4.78, 5) is 24.3. The Hall–Kier alpha value is -2.24. The number of rotatable bonds is 6. The summed E-state index contributed by atoms with van der Waals surface area (Å²) in [5.41, 5.74) is 0.313. The molecule has 1 saturated heterocycles. The van der Waals surface area contributed by atoms with Gasteiger partial charge in [-0.3, -0.25) is 9.69 Å². The van der Waals surface area contributed by atoms with Gasteiger partial charge in [-0.25, -0.2) is 4.79 Å². The molecule has 6 heteroatoms. The van der Waals surface area contributed by atoms with Gasteiger partial charge in [0.1, 0.15) is 12.4 Å². The number of carboxylic acid groups (broad SMARTS) is 1. The van der Waals surface area contributed by atoms with Crippen molar-refractivity contribution >= 4 is 12.1 Å². The first kappa shape index (κ1) is 15.2. The standard InChI is InChI=1S/C15H19NO5/c1-15(7-6-13(17)18)10-21-14(19)16(15)9-11-4-3-5-12(8-11)20-2/h3-5,8H,6-7,9-10H2,1-2H3,(H,17,18). The molecule has 1 aromatic rings. The number of hydrogen-bond acceptors (Lipinski definition) is 4.